The molecule has 7 heteroatoms. The van der Waals surface area contributed by atoms with E-state index in [-0.39, 0.29) is 5.91 Å². The number of pyridine rings is 1. The van der Waals surface area contributed by atoms with Crippen LogP contribution in [-0.4, -0.2) is 25.7 Å². The molecule has 1 aliphatic rings. The Morgan fingerprint density at radius 3 is 2.88 bits per heavy atom. The number of nitrogens with one attached hydrogen (secondary N) is 1. The summed E-state index contributed by atoms with van der Waals surface area (Å²) >= 11 is 1.47. The maximum Gasteiger partial charge on any atom is 0.259 e. The van der Waals surface area contributed by atoms with Gasteiger partial charge in [0.2, 0.25) is 5.13 Å². The lowest BCUT2D eigenvalue weighted by molar-refractivity contribution is 0.102. The molecule has 1 saturated carbocycles. The number of carbonyl (C=O) groups excluding carboxylic acids is 1. The lowest BCUT2D eigenvalue weighted by Gasteiger charge is -2.09. The summed E-state index contributed by atoms with van der Waals surface area (Å²) in [6.45, 7) is 4.61. The first-order valence-electron chi connectivity index (χ1n) is 8.33. The molecule has 1 amide bonds. The van der Waals surface area contributed by atoms with Gasteiger partial charge in [-0.2, -0.15) is 0 Å². The summed E-state index contributed by atoms with van der Waals surface area (Å²) < 4.78 is 2.10. The number of anilines is 1. The molecule has 0 unspecified atom stereocenters. The molecule has 4 rings (SSSR count). The minimum Gasteiger partial charge on any atom is -0.342 e. The smallest absolute Gasteiger partial charge is 0.259 e. The first-order valence-corrected chi connectivity index (χ1v) is 9.15. The monoisotopic (exact) mass is 353 g/mol. The van der Waals surface area contributed by atoms with Gasteiger partial charge in [-0.15, -0.1) is 10.2 Å². The van der Waals surface area contributed by atoms with Gasteiger partial charge < -0.3 is 4.57 Å². The van der Waals surface area contributed by atoms with E-state index in [0.717, 1.165) is 22.1 Å². The second-order valence-electron chi connectivity index (χ2n) is 6.37. The highest BCUT2D eigenvalue weighted by atomic mass is 32.1. The molecule has 0 saturated heterocycles. The number of hydrogen-bond acceptors (Lipinski definition) is 5. The molecule has 3 heterocycles. The van der Waals surface area contributed by atoms with Crippen molar-refractivity contribution in [2.75, 3.05) is 5.32 Å². The summed E-state index contributed by atoms with van der Waals surface area (Å²) in [5.41, 5.74) is 3.59. The van der Waals surface area contributed by atoms with E-state index in [9.17, 15) is 4.79 Å². The predicted molar refractivity (Wildman–Crippen MR) is 97.1 cm³/mol. The summed E-state index contributed by atoms with van der Waals surface area (Å²) in [7, 11) is 0. The zero-order chi connectivity index (χ0) is 17.4. The van der Waals surface area contributed by atoms with Crippen LogP contribution < -0.4 is 5.32 Å². The molecule has 0 spiro atoms. The van der Waals surface area contributed by atoms with Crippen LogP contribution in [0, 0.1) is 13.8 Å². The molecule has 0 aromatic carbocycles. The summed E-state index contributed by atoms with van der Waals surface area (Å²) in [5, 5.41) is 12.7. The fourth-order valence-electron chi connectivity index (χ4n) is 2.87. The maximum absolute atomic E-state index is 12.6. The zero-order valence-corrected chi connectivity index (χ0v) is 15.0. The highest BCUT2D eigenvalue weighted by molar-refractivity contribution is 7.15. The number of amides is 1. The Kier molecular flexibility index (Phi) is 4.09. The first kappa shape index (κ1) is 16.0. The van der Waals surface area contributed by atoms with Gasteiger partial charge >= 0.3 is 0 Å². The largest absolute Gasteiger partial charge is 0.342 e. The van der Waals surface area contributed by atoms with Crippen molar-refractivity contribution < 1.29 is 4.79 Å². The third-order valence-electron chi connectivity index (χ3n) is 4.45. The SMILES string of the molecule is Cc1cc(C(=O)Nc2nnc(C3CC3)s2)c(C)n1Cc1ccccn1. The van der Waals surface area contributed by atoms with E-state index in [1.165, 1.54) is 24.2 Å². The van der Waals surface area contributed by atoms with E-state index in [1.807, 2.05) is 38.1 Å². The summed E-state index contributed by atoms with van der Waals surface area (Å²) in [6.07, 6.45) is 4.14. The lowest BCUT2D eigenvalue weighted by atomic mass is 10.2. The Morgan fingerprint density at radius 2 is 2.16 bits per heavy atom. The second kappa shape index (κ2) is 6.40. The maximum atomic E-state index is 12.6. The average Bonchev–Trinajstić information content (AvgIpc) is 3.30. The van der Waals surface area contributed by atoms with Gasteiger partial charge in [0.25, 0.3) is 5.91 Å². The van der Waals surface area contributed by atoms with Crippen LogP contribution in [0.25, 0.3) is 0 Å². The summed E-state index contributed by atoms with van der Waals surface area (Å²) in [6, 6.07) is 7.77. The molecule has 3 aromatic rings. The Labute approximate surface area is 149 Å². The van der Waals surface area contributed by atoms with Crippen LogP contribution in [-0.2, 0) is 6.54 Å². The van der Waals surface area contributed by atoms with Crippen LogP contribution in [0.1, 0.15) is 51.2 Å². The van der Waals surface area contributed by atoms with E-state index in [1.54, 1.807) is 6.20 Å². The number of carbonyl (C=O) groups is 1. The molecule has 1 aliphatic carbocycles. The van der Waals surface area contributed by atoms with Crippen molar-refractivity contribution in [3.05, 3.63) is 58.1 Å². The quantitative estimate of drug-likeness (QED) is 0.761. The van der Waals surface area contributed by atoms with Crippen molar-refractivity contribution >= 4 is 22.4 Å². The highest BCUT2D eigenvalue weighted by Crippen LogP contribution is 2.42. The van der Waals surface area contributed by atoms with E-state index < -0.39 is 0 Å². The molecular weight excluding hydrogens is 334 g/mol. The van der Waals surface area contributed by atoms with Gasteiger partial charge in [-0.25, -0.2) is 0 Å². The van der Waals surface area contributed by atoms with E-state index in [4.69, 9.17) is 0 Å². The topological polar surface area (TPSA) is 72.7 Å². The van der Waals surface area contributed by atoms with Gasteiger partial charge in [-0.1, -0.05) is 17.4 Å². The van der Waals surface area contributed by atoms with Crippen LogP contribution >= 0.6 is 11.3 Å². The summed E-state index contributed by atoms with van der Waals surface area (Å²) in [5.74, 6) is 0.408. The molecule has 6 nitrogen and oxygen atoms in total. The molecule has 0 aliphatic heterocycles. The van der Waals surface area contributed by atoms with Gasteiger partial charge in [-0.3, -0.25) is 15.1 Å². The Morgan fingerprint density at radius 1 is 1.32 bits per heavy atom. The average molecular weight is 353 g/mol. The van der Waals surface area contributed by atoms with Gasteiger partial charge in [0.15, 0.2) is 0 Å². The van der Waals surface area contributed by atoms with Crippen molar-refractivity contribution in [3.63, 3.8) is 0 Å². The van der Waals surface area contributed by atoms with Crippen LogP contribution in [0.4, 0.5) is 5.13 Å². The van der Waals surface area contributed by atoms with Crippen molar-refractivity contribution in [2.45, 2.75) is 39.2 Å². The molecule has 0 bridgehead atoms. The zero-order valence-electron chi connectivity index (χ0n) is 14.2. The fraction of sp³-hybridized carbons (Fsp3) is 0.333. The lowest BCUT2D eigenvalue weighted by Crippen LogP contribution is -2.13. The van der Waals surface area contributed by atoms with Crippen molar-refractivity contribution in [1.29, 1.82) is 0 Å². The van der Waals surface area contributed by atoms with Gasteiger partial charge in [0, 0.05) is 23.5 Å². The number of aryl methyl sites for hydroxylation is 1. The molecule has 3 aromatic heterocycles. The van der Waals surface area contributed by atoms with Crippen LogP contribution in [0.3, 0.4) is 0 Å². The fourth-order valence-corrected chi connectivity index (χ4v) is 3.78. The van der Waals surface area contributed by atoms with Crippen LogP contribution in [0.2, 0.25) is 0 Å². The number of hydrogen-bond donors (Lipinski definition) is 1. The Balaban J connectivity index is 1.53. The molecular formula is C18H19N5OS. The predicted octanol–water partition coefficient (Wildman–Crippen LogP) is 3.53. The molecule has 0 radical (unpaired) electrons. The van der Waals surface area contributed by atoms with Crippen LogP contribution in [0.15, 0.2) is 30.5 Å². The molecule has 0 atom stereocenters. The second-order valence-corrected chi connectivity index (χ2v) is 7.37. The van der Waals surface area contributed by atoms with Crippen molar-refractivity contribution in [2.24, 2.45) is 0 Å². The van der Waals surface area contributed by atoms with Gasteiger partial charge in [-0.05, 0) is 44.9 Å². The Bertz CT molecular complexity index is 911. The molecule has 128 valence electrons. The third kappa shape index (κ3) is 3.32. The van der Waals surface area contributed by atoms with E-state index in [0.29, 0.717) is 23.2 Å². The highest BCUT2D eigenvalue weighted by Gasteiger charge is 2.28. The number of aromatic nitrogens is 4. The third-order valence-corrected chi connectivity index (χ3v) is 5.45. The standard InChI is InChI=1S/C18H19N5OS/c1-11-9-15(12(2)23(11)10-14-5-3-4-8-19-14)16(24)20-18-22-21-17(25-18)13-6-7-13/h3-5,8-9,13H,6-7,10H2,1-2H3,(H,20,22,24). The first-order chi connectivity index (χ1) is 12.1. The minimum atomic E-state index is -0.140. The Hall–Kier alpha value is -2.54. The van der Waals surface area contributed by atoms with E-state index >= 15 is 0 Å². The van der Waals surface area contributed by atoms with Gasteiger partial charge in [0.05, 0.1) is 17.8 Å². The van der Waals surface area contributed by atoms with Crippen molar-refractivity contribution in [1.82, 2.24) is 19.7 Å². The van der Waals surface area contributed by atoms with Gasteiger partial charge in [0.1, 0.15) is 5.01 Å². The van der Waals surface area contributed by atoms with Crippen LogP contribution in [0.5, 0.6) is 0 Å². The molecule has 25 heavy (non-hydrogen) atoms. The van der Waals surface area contributed by atoms with Crippen molar-refractivity contribution in [3.8, 4) is 0 Å². The normalized spacial score (nSPS) is 13.8. The number of nitrogens with zero attached hydrogens (tertiary/aromatic N) is 4. The molecule has 1 fully saturated rings. The number of rotatable bonds is 5. The minimum absolute atomic E-state index is 0.140. The summed E-state index contributed by atoms with van der Waals surface area (Å²) in [4.78, 5) is 17.0. The molecule has 1 N–H and O–H groups in total. The van der Waals surface area contributed by atoms with E-state index in [2.05, 4.69) is 25.1 Å².